The normalized spacial score (nSPS) is 12.6. The third kappa shape index (κ3) is 6.17. The van der Waals surface area contributed by atoms with Crippen molar-refractivity contribution in [2.45, 2.75) is 25.9 Å². The van der Waals surface area contributed by atoms with E-state index in [1.165, 1.54) is 0 Å². The first kappa shape index (κ1) is 15.4. The van der Waals surface area contributed by atoms with E-state index >= 15 is 0 Å². The molecule has 1 atom stereocenters. The van der Waals surface area contributed by atoms with Crippen LogP contribution in [-0.4, -0.2) is 27.4 Å². The molecule has 6 heteroatoms. The van der Waals surface area contributed by atoms with Crippen LogP contribution in [0.2, 0.25) is 19.6 Å². The van der Waals surface area contributed by atoms with Gasteiger partial charge in [0.05, 0.1) is 0 Å². The fourth-order valence-corrected chi connectivity index (χ4v) is 2.13. The van der Waals surface area contributed by atoms with Crippen molar-refractivity contribution in [3.05, 3.63) is 35.9 Å². The predicted octanol–water partition coefficient (Wildman–Crippen LogP) is 2.25. The molecule has 104 valence electrons. The summed E-state index contributed by atoms with van der Waals surface area (Å²) in [6, 6.07) is 8.91. The largest absolute Gasteiger partial charge is 0.518 e. The summed E-state index contributed by atoms with van der Waals surface area (Å²) in [6.45, 7) is 5.75. The Labute approximate surface area is 113 Å². The summed E-state index contributed by atoms with van der Waals surface area (Å²) in [5.41, 5.74) is 0.662. The number of hydrogen-bond acceptors (Lipinski definition) is 5. The van der Waals surface area contributed by atoms with Crippen LogP contribution in [0, 0.1) is 0 Å². The molecule has 19 heavy (non-hydrogen) atoms. The molecule has 0 heterocycles. The second-order valence-electron chi connectivity index (χ2n) is 4.87. The SMILES string of the molecule is C[Si](C)(C)OC(=O)COC(OC=O)c1ccccc1. The van der Waals surface area contributed by atoms with Gasteiger partial charge in [0, 0.05) is 5.56 Å². The van der Waals surface area contributed by atoms with Gasteiger partial charge in [0.1, 0.15) is 6.61 Å². The molecular formula is C13H18O5Si. The van der Waals surface area contributed by atoms with Crippen LogP contribution in [-0.2, 0) is 23.5 Å². The lowest BCUT2D eigenvalue weighted by molar-refractivity contribution is -0.174. The van der Waals surface area contributed by atoms with Crippen molar-refractivity contribution in [1.29, 1.82) is 0 Å². The second kappa shape index (κ2) is 7.06. The fourth-order valence-electron chi connectivity index (χ4n) is 1.39. The van der Waals surface area contributed by atoms with Gasteiger partial charge >= 0.3 is 5.97 Å². The highest BCUT2D eigenvalue weighted by atomic mass is 28.4. The van der Waals surface area contributed by atoms with Crippen LogP contribution in [0.3, 0.4) is 0 Å². The predicted molar refractivity (Wildman–Crippen MR) is 71.7 cm³/mol. The molecule has 0 spiro atoms. The van der Waals surface area contributed by atoms with E-state index < -0.39 is 20.6 Å². The Morgan fingerprint density at radius 2 is 1.89 bits per heavy atom. The summed E-state index contributed by atoms with van der Waals surface area (Å²) in [5, 5.41) is 0. The first-order chi connectivity index (χ1) is 8.92. The van der Waals surface area contributed by atoms with E-state index in [0.717, 1.165) is 0 Å². The van der Waals surface area contributed by atoms with Gasteiger partial charge in [-0.3, -0.25) is 9.59 Å². The quantitative estimate of drug-likeness (QED) is 0.436. The lowest BCUT2D eigenvalue weighted by Crippen LogP contribution is -2.31. The molecule has 0 saturated heterocycles. The summed E-state index contributed by atoms with van der Waals surface area (Å²) in [6.07, 6.45) is -0.895. The molecule has 0 aliphatic carbocycles. The average Bonchev–Trinajstić information content (AvgIpc) is 2.33. The molecule has 1 aromatic carbocycles. The molecular weight excluding hydrogens is 264 g/mol. The number of hydrogen-bond donors (Lipinski definition) is 0. The molecule has 0 aromatic heterocycles. The van der Waals surface area contributed by atoms with Gasteiger partial charge in [0.15, 0.2) is 0 Å². The van der Waals surface area contributed by atoms with Crippen molar-refractivity contribution in [1.82, 2.24) is 0 Å². The molecule has 1 rings (SSSR count). The van der Waals surface area contributed by atoms with E-state index in [1.54, 1.807) is 24.3 Å². The minimum absolute atomic E-state index is 0.252. The van der Waals surface area contributed by atoms with Crippen LogP contribution in [0.15, 0.2) is 30.3 Å². The van der Waals surface area contributed by atoms with Crippen LogP contribution in [0.25, 0.3) is 0 Å². The molecule has 5 nitrogen and oxygen atoms in total. The third-order valence-electron chi connectivity index (χ3n) is 2.02. The summed E-state index contributed by atoms with van der Waals surface area (Å²) in [7, 11) is -1.93. The molecule has 0 radical (unpaired) electrons. The van der Waals surface area contributed by atoms with E-state index in [2.05, 4.69) is 0 Å². The van der Waals surface area contributed by atoms with E-state index in [4.69, 9.17) is 13.9 Å². The van der Waals surface area contributed by atoms with Crippen molar-refractivity contribution in [2.75, 3.05) is 6.61 Å². The highest BCUT2D eigenvalue weighted by molar-refractivity contribution is 6.71. The smallest absolute Gasteiger partial charge is 0.318 e. The number of carbonyl (C=O) groups is 2. The van der Waals surface area contributed by atoms with E-state index in [0.29, 0.717) is 12.0 Å². The Morgan fingerprint density at radius 3 is 2.42 bits per heavy atom. The van der Waals surface area contributed by atoms with Crippen molar-refractivity contribution in [3.63, 3.8) is 0 Å². The summed E-state index contributed by atoms with van der Waals surface area (Å²) in [5.74, 6) is -0.449. The zero-order chi connectivity index (χ0) is 14.3. The van der Waals surface area contributed by atoms with Crippen molar-refractivity contribution < 1.29 is 23.5 Å². The summed E-state index contributed by atoms with van der Waals surface area (Å²) >= 11 is 0. The van der Waals surface area contributed by atoms with Gasteiger partial charge in [-0.1, -0.05) is 30.3 Å². The molecule has 0 bridgehead atoms. The Bertz CT molecular complexity index is 413. The fraction of sp³-hybridized carbons (Fsp3) is 0.385. The Morgan fingerprint density at radius 1 is 1.26 bits per heavy atom. The Hall–Kier alpha value is -1.66. The van der Waals surface area contributed by atoms with E-state index in [1.807, 2.05) is 25.7 Å². The first-order valence-electron chi connectivity index (χ1n) is 5.90. The van der Waals surface area contributed by atoms with Crippen LogP contribution >= 0.6 is 0 Å². The second-order valence-corrected chi connectivity index (χ2v) is 9.30. The van der Waals surface area contributed by atoms with Crippen LogP contribution in [0.5, 0.6) is 0 Å². The highest BCUT2D eigenvalue weighted by Gasteiger charge is 2.21. The van der Waals surface area contributed by atoms with E-state index in [-0.39, 0.29) is 6.61 Å². The highest BCUT2D eigenvalue weighted by Crippen LogP contribution is 2.17. The minimum atomic E-state index is -1.93. The maximum absolute atomic E-state index is 11.5. The van der Waals surface area contributed by atoms with Crippen LogP contribution in [0.4, 0.5) is 0 Å². The van der Waals surface area contributed by atoms with Crippen LogP contribution < -0.4 is 0 Å². The van der Waals surface area contributed by atoms with Gasteiger partial charge in [0.25, 0.3) is 6.47 Å². The third-order valence-corrected chi connectivity index (χ3v) is 2.86. The topological polar surface area (TPSA) is 61.8 Å². The van der Waals surface area contributed by atoms with Gasteiger partial charge in [0.2, 0.25) is 14.6 Å². The summed E-state index contributed by atoms with van der Waals surface area (Å²) < 4.78 is 15.3. The van der Waals surface area contributed by atoms with Gasteiger partial charge in [-0.15, -0.1) is 0 Å². The first-order valence-corrected chi connectivity index (χ1v) is 9.31. The van der Waals surface area contributed by atoms with Crippen molar-refractivity contribution in [2.24, 2.45) is 0 Å². The van der Waals surface area contributed by atoms with Gasteiger partial charge in [-0.05, 0) is 19.6 Å². The lowest BCUT2D eigenvalue weighted by Gasteiger charge is -2.19. The molecule has 1 aromatic rings. The molecule has 0 saturated carbocycles. The number of rotatable bonds is 7. The zero-order valence-corrected chi connectivity index (χ0v) is 12.3. The monoisotopic (exact) mass is 282 g/mol. The molecule has 0 aliphatic rings. The Kier molecular flexibility index (Phi) is 5.72. The maximum atomic E-state index is 11.5. The van der Waals surface area contributed by atoms with Crippen LogP contribution in [0.1, 0.15) is 11.9 Å². The zero-order valence-electron chi connectivity index (χ0n) is 11.3. The lowest BCUT2D eigenvalue weighted by atomic mass is 10.2. The molecule has 0 aliphatic heterocycles. The molecule has 0 amide bonds. The van der Waals surface area contributed by atoms with Gasteiger partial charge in [-0.25, -0.2) is 0 Å². The number of carbonyl (C=O) groups excluding carboxylic acids is 2. The van der Waals surface area contributed by atoms with Crippen molar-refractivity contribution >= 4 is 20.8 Å². The number of benzene rings is 1. The van der Waals surface area contributed by atoms with Gasteiger partial charge in [-0.2, -0.15) is 0 Å². The minimum Gasteiger partial charge on any atom is -0.518 e. The number of ether oxygens (including phenoxy) is 2. The molecule has 1 unspecified atom stereocenters. The molecule has 0 N–H and O–H groups in total. The maximum Gasteiger partial charge on any atom is 0.318 e. The standard InChI is InChI=1S/C13H18O5Si/c1-19(2,3)18-12(15)9-16-13(17-10-14)11-7-5-4-6-8-11/h4-8,10,13H,9H2,1-3H3. The van der Waals surface area contributed by atoms with E-state index in [9.17, 15) is 9.59 Å². The Balaban J connectivity index is 2.56. The van der Waals surface area contributed by atoms with Gasteiger partial charge < -0.3 is 13.9 Å². The molecule has 0 fully saturated rings. The summed E-state index contributed by atoms with van der Waals surface area (Å²) in [4.78, 5) is 22.0. The van der Waals surface area contributed by atoms with Crippen molar-refractivity contribution in [3.8, 4) is 0 Å². The average molecular weight is 282 g/mol.